The van der Waals surface area contributed by atoms with Crippen molar-refractivity contribution in [3.8, 4) is 23.0 Å². The van der Waals surface area contributed by atoms with Crippen LogP contribution in [0.15, 0.2) is 22.7 Å². The Morgan fingerprint density at radius 3 is 2.88 bits per heavy atom. The molecule has 0 radical (unpaired) electrons. The van der Waals surface area contributed by atoms with Gasteiger partial charge in [-0.2, -0.15) is 4.98 Å². The third kappa shape index (κ3) is 1.84. The van der Waals surface area contributed by atoms with Gasteiger partial charge in [0.15, 0.2) is 5.82 Å². The van der Waals surface area contributed by atoms with Gasteiger partial charge in [-0.05, 0) is 18.2 Å². The van der Waals surface area contributed by atoms with Gasteiger partial charge in [0.05, 0.1) is 12.7 Å². The van der Waals surface area contributed by atoms with Crippen LogP contribution in [0.1, 0.15) is 12.7 Å². The summed E-state index contributed by atoms with van der Waals surface area (Å²) in [7, 11) is 1.56. The molecule has 1 aromatic carbocycles. The maximum Gasteiger partial charge on any atom is 0.261 e. The van der Waals surface area contributed by atoms with Crippen molar-refractivity contribution in [3.05, 3.63) is 24.0 Å². The molecule has 0 saturated carbocycles. The summed E-state index contributed by atoms with van der Waals surface area (Å²) < 4.78 is 10.1. The molecule has 0 bridgehead atoms. The number of hydrogen-bond donors (Lipinski definition) is 1. The van der Waals surface area contributed by atoms with Crippen LogP contribution in [0, 0.1) is 0 Å². The van der Waals surface area contributed by atoms with E-state index in [1.54, 1.807) is 19.2 Å². The molecule has 5 nitrogen and oxygen atoms in total. The van der Waals surface area contributed by atoms with Gasteiger partial charge in [-0.25, -0.2) is 0 Å². The molecule has 2 aromatic rings. The number of aryl methyl sites for hydroxylation is 1. The van der Waals surface area contributed by atoms with Gasteiger partial charge >= 0.3 is 0 Å². The van der Waals surface area contributed by atoms with E-state index in [4.69, 9.17) is 9.26 Å². The van der Waals surface area contributed by atoms with Crippen molar-refractivity contribution in [2.24, 2.45) is 0 Å². The van der Waals surface area contributed by atoms with Crippen LogP contribution in [0.5, 0.6) is 11.5 Å². The summed E-state index contributed by atoms with van der Waals surface area (Å²) in [4.78, 5) is 4.14. The number of hydrogen-bond acceptors (Lipinski definition) is 5. The number of methoxy groups -OCH3 is 1. The van der Waals surface area contributed by atoms with Crippen molar-refractivity contribution < 1.29 is 14.4 Å². The minimum atomic E-state index is 0.0899. The van der Waals surface area contributed by atoms with Crippen LogP contribution >= 0.6 is 0 Å². The van der Waals surface area contributed by atoms with Gasteiger partial charge in [0.2, 0.25) is 0 Å². The van der Waals surface area contributed by atoms with Crippen molar-refractivity contribution in [2.45, 2.75) is 13.3 Å². The van der Waals surface area contributed by atoms with E-state index in [-0.39, 0.29) is 5.75 Å². The van der Waals surface area contributed by atoms with Crippen molar-refractivity contribution in [1.82, 2.24) is 10.1 Å². The van der Waals surface area contributed by atoms with Gasteiger partial charge in [-0.3, -0.25) is 0 Å². The maximum absolute atomic E-state index is 9.68. The van der Waals surface area contributed by atoms with Crippen LogP contribution in [0.4, 0.5) is 0 Å². The number of rotatable bonds is 3. The van der Waals surface area contributed by atoms with E-state index in [2.05, 4.69) is 10.1 Å². The Labute approximate surface area is 92.7 Å². The molecule has 5 heteroatoms. The van der Waals surface area contributed by atoms with Crippen LogP contribution in [-0.2, 0) is 6.42 Å². The molecule has 16 heavy (non-hydrogen) atoms. The summed E-state index contributed by atoms with van der Waals surface area (Å²) in [5.41, 5.74) is 0.478. The van der Waals surface area contributed by atoms with E-state index < -0.39 is 0 Å². The first kappa shape index (κ1) is 10.5. The number of nitrogens with zero attached hydrogens (tertiary/aromatic N) is 2. The largest absolute Gasteiger partial charge is 0.507 e. The van der Waals surface area contributed by atoms with Crippen molar-refractivity contribution in [2.75, 3.05) is 7.11 Å². The molecule has 2 rings (SSSR count). The molecule has 0 spiro atoms. The molecule has 1 heterocycles. The summed E-state index contributed by atoms with van der Waals surface area (Å²) in [5, 5.41) is 13.5. The first-order chi connectivity index (χ1) is 7.74. The highest BCUT2D eigenvalue weighted by atomic mass is 16.5. The summed E-state index contributed by atoms with van der Waals surface area (Å²) >= 11 is 0. The predicted molar refractivity (Wildman–Crippen MR) is 57.3 cm³/mol. The second-order valence-electron chi connectivity index (χ2n) is 3.25. The van der Waals surface area contributed by atoms with E-state index in [1.165, 1.54) is 6.07 Å². The fraction of sp³-hybridized carbons (Fsp3) is 0.273. The van der Waals surface area contributed by atoms with Gasteiger partial charge in [0, 0.05) is 6.42 Å². The monoisotopic (exact) mass is 220 g/mol. The Hall–Kier alpha value is -2.04. The van der Waals surface area contributed by atoms with Crippen LogP contribution in [-0.4, -0.2) is 22.4 Å². The average Bonchev–Trinajstić information content (AvgIpc) is 2.78. The summed E-state index contributed by atoms with van der Waals surface area (Å²) in [6.45, 7) is 1.93. The van der Waals surface area contributed by atoms with Crippen LogP contribution < -0.4 is 4.74 Å². The average molecular weight is 220 g/mol. The first-order valence-corrected chi connectivity index (χ1v) is 4.94. The smallest absolute Gasteiger partial charge is 0.261 e. The van der Waals surface area contributed by atoms with Gasteiger partial charge < -0.3 is 14.4 Å². The second-order valence-corrected chi connectivity index (χ2v) is 3.25. The summed E-state index contributed by atoms with van der Waals surface area (Å²) in [6.07, 6.45) is 0.689. The third-order valence-corrected chi connectivity index (χ3v) is 2.22. The lowest BCUT2D eigenvalue weighted by molar-refractivity contribution is 0.407. The molecule has 0 aliphatic heterocycles. The van der Waals surface area contributed by atoms with Gasteiger partial charge in [-0.1, -0.05) is 12.1 Å². The molecule has 0 unspecified atom stereocenters. The molecule has 0 aliphatic carbocycles. The Kier molecular flexibility index (Phi) is 2.76. The van der Waals surface area contributed by atoms with Crippen LogP contribution in [0.25, 0.3) is 11.5 Å². The highest BCUT2D eigenvalue weighted by Crippen LogP contribution is 2.31. The minimum Gasteiger partial charge on any atom is -0.507 e. The number of aromatic hydroxyl groups is 1. The van der Waals surface area contributed by atoms with E-state index in [9.17, 15) is 5.11 Å². The summed E-state index contributed by atoms with van der Waals surface area (Å²) in [6, 6.07) is 4.85. The van der Waals surface area contributed by atoms with Gasteiger partial charge in [0.25, 0.3) is 5.89 Å². The fourth-order valence-corrected chi connectivity index (χ4v) is 1.32. The molecule has 0 fully saturated rings. The molecule has 0 aliphatic rings. The van der Waals surface area contributed by atoms with E-state index in [0.29, 0.717) is 29.4 Å². The maximum atomic E-state index is 9.68. The standard InChI is InChI=1S/C11H12N2O3/c1-3-10-12-11(16-13-10)8-6-7(15-2)4-5-9(8)14/h4-6,14H,3H2,1-2H3. The number of aromatic nitrogens is 2. The number of benzene rings is 1. The Morgan fingerprint density at radius 1 is 1.44 bits per heavy atom. The lowest BCUT2D eigenvalue weighted by Crippen LogP contribution is -1.86. The molecule has 0 saturated heterocycles. The van der Waals surface area contributed by atoms with E-state index in [0.717, 1.165) is 0 Å². The molecule has 1 aromatic heterocycles. The lowest BCUT2D eigenvalue weighted by atomic mass is 10.2. The molecular formula is C11H12N2O3. The molecule has 1 N–H and O–H groups in total. The van der Waals surface area contributed by atoms with Gasteiger partial charge in [0.1, 0.15) is 11.5 Å². The number of phenols is 1. The van der Waals surface area contributed by atoms with E-state index in [1.807, 2.05) is 6.92 Å². The fourth-order valence-electron chi connectivity index (χ4n) is 1.32. The van der Waals surface area contributed by atoms with Crippen LogP contribution in [0.3, 0.4) is 0 Å². The molecular weight excluding hydrogens is 208 g/mol. The number of ether oxygens (including phenoxy) is 1. The van der Waals surface area contributed by atoms with Crippen molar-refractivity contribution >= 4 is 0 Å². The Balaban J connectivity index is 2.45. The Morgan fingerprint density at radius 2 is 2.25 bits per heavy atom. The Bertz CT molecular complexity index is 494. The molecule has 0 amide bonds. The summed E-state index contributed by atoms with van der Waals surface area (Å²) in [5.74, 6) is 1.63. The van der Waals surface area contributed by atoms with E-state index >= 15 is 0 Å². The normalized spacial score (nSPS) is 10.4. The van der Waals surface area contributed by atoms with Crippen LogP contribution in [0.2, 0.25) is 0 Å². The zero-order valence-electron chi connectivity index (χ0n) is 9.10. The second kappa shape index (κ2) is 4.22. The van der Waals surface area contributed by atoms with Crippen molar-refractivity contribution in [1.29, 1.82) is 0 Å². The third-order valence-electron chi connectivity index (χ3n) is 2.22. The molecule has 0 atom stereocenters. The number of phenolic OH excluding ortho intramolecular Hbond substituents is 1. The van der Waals surface area contributed by atoms with Crippen molar-refractivity contribution in [3.63, 3.8) is 0 Å². The predicted octanol–water partition coefficient (Wildman–Crippen LogP) is 2.01. The highest BCUT2D eigenvalue weighted by molar-refractivity contribution is 5.64. The SMILES string of the molecule is CCc1noc(-c2cc(OC)ccc2O)n1. The lowest BCUT2D eigenvalue weighted by Gasteiger charge is -2.02. The zero-order chi connectivity index (χ0) is 11.5. The van der Waals surface area contributed by atoms with Gasteiger partial charge in [-0.15, -0.1) is 0 Å². The first-order valence-electron chi connectivity index (χ1n) is 4.94. The molecule has 84 valence electrons. The topological polar surface area (TPSA) is 68.4 Å². The zero-order valence-corrected chi connectivity index (χ0v) is 9.10. The quantitative estimate of drug-likeness (QED) is 0.856. The highest BCUT2D eigenvalue weighted by Gasteiger charge is 2.13. The minimum absolute atomic E-state index is 0.0899.